The SMILES string of the molecule is CC(CC(=O)Nc1ccc(-c2ncn[nH]2)cc1)C1CCCNC1.Cl. The Bertz CT molecular complexity index is 623. The zero-order valence-corrected chi connectivity index (χ0v) is 14.6. The number of rotatable bonds is 5. The maximum atomic E-state index is 12.2. The van der Waals surface area contributed by atoms with Crippen molar-refractivity contribution in [3.63, 3.8) is 0 Å². The molecular weight excluding hydrogens is 326 g/mol. The average Bonchev–Trinajstić information content (AvgIpc) is 3.11. The summed E-state index contributed by atoms with van der Waals surface area (Å²) in [5.74, 6) is 1.80. The molecule has 1 aliphatic rings. The summed E-state index contributed by atoms with van der Waals surface area (Å²) >= 11 is 0. The van der Waals surface area contributed by atoms with Crippen LogP contribution in [0.15, 0.2) is 30.6 Å². The van der Waals surface area contributed by atoms with E-state index < -0.39 is 0 Å². The van der Waals surface area contributed by atoms with Crippen molar-refractivity contribution in [2.75, 3.05) is 18.4 Å². The van der Waals surface area contributed by atoms with Crippen molar-refractivity contribution >= 4 is 24.0 Å². The summed E-state index contributed by atoms with van der Waals surface area (Å²) in [7, 11) is 0. The largest absolute Gasteiger partial charge is 0.326 e. The monoisotopic (exact) mass is 349 g/mol. The number of hydrogen-bond donors (Lipinski definition) is 3. The Labute approximate surface area is 148 Å². The van der Waals surface area contributed by atoms with E-state index in [0.29, 0.717) is 18.3 Å². The molecule has 0 saturated carbocycles. The second kappa shape index (κ2) is 8.80. The van der Waals surface area contributed by atoms with E-state index in [1.165, 1.54) is 19.2 Å². The van der Waals surface area contributed by atoms with Crippen LogP contribution in [0.4, 0.5) is 5.69 Å². The van der Waals surface area contributed by atoms with E-state index >= 15 is 0 Å². The maximum absolute atomic E-state index is 12.2. The first-order chi connectivity index (χ1) is 11.2. The summed E-state index contributed by atoms with van der Waals surface area (Å²) in [5, 5.41) is 13.0. The van der Waals surface area contributed by atoms with Gasteiger partial charge in [0, 0.05) is 17.7 Å². The van der Waals surface area contributed by atoms with Crippen LogP contribution >= 0.6 is 12.4 Å². The Morgan fingerprint density at radius 2 is 2.17 bits per heavy atom. The lowest BCUT2D eigenvalue weighted by Crippen LogP contribution is -2.34. The molecule has 0 bridgehead atoms. The minimum atomic E-state index is 0. The van der Waals surface area contributed by atoms with Crippen LogP contribution in [0.5, 0.6) is 0 Å². The number of nitrogens with one attached hydrogen (secondary N) is 3. The van der Waals surface area contributed by atoms with Crippen molar-refractivity contribution in [3.8, 4) is 11.4 Å². The van der Waals surface area contributed by atoms with Crippen LogP contribution in [0.2, 0.25) is 0 Å². The second-order valence-electron chi connectivity index (χ2n) is 6.25. The number of aromatic nitrogens is 3. The number of hydrogen-bond acceptors (Lipinski definition) is 4. The summed E-state index contributed by atoms with van der Waals surface area (Å²) in [6.45, 7) is 4.30. The fraction of sp³-hybridized carbons (Fsp3) is 0.471. The molecule has 0 radical (unpaired) electrons. The number of piperidine rings is 1. The molecule has 3 rings (SSSR count). The molecular formula is C17H24ClN5O. The third-order valence-electron chi connectivity index (χ3n) is 4.50. The Balaban J connectivity index is 0.00000208. The van der Waals surface area contributed by atoms with E-state index in [4.69, 9.17) is 0 Å². The molecule has 7 heteroatoms. The third-order valence-corrected chi connectivity index (χ3v) is 4.50. The Hall–Kier alpha value is -1.92. The number of carbonyl (C=O) groups is 1. The van der Waals surface area contributed by atoms with Crippen molar-refractivity contribution in [1.82, 2.24) is 20.5 Å². The van der Waals surface area contributed by atoms with Gasteiger partial charge in [-0.3, -0.25) is 9.89 Å². The molecule has 6 nitrogen and oxygen atoms in total. The molecule has 130 valence electrons. The van der Waals surface area contributed by atoms with Gasteiger partial charge in [-0.05, 0) is 62.0 Å². The molecule has 1 aromatic heterocycles. The van der Waals surface area contributed by atoms with Crippen LogP contribution in [-0.2, 0) is 4.79 Å². The summed E-state index contributed by atoms with van der Waals surface area (Å²) in [6.07, 6.45) is 4.47. The topological polar surface area (TPSA) is 82.7 Å². The first kappa shape index (κ1) is 18.4. The van der Waals surface area contributed by atoms with Gasteiger partial charge < -0.3 is 10.6 Å². The van der Waals surface area contributed by atoms with Crippen molar-refractivity contribution in [3.05, 3.63) is 30.6 Å². The molecule has 0 spiro atoms. The number of benzene rings is 1. The molecule has 2 atom stereocenters. The molecule has 1 amide bonds. The molecule has 2 aromatic rings. The molecule has 2 unspecified atom stereocenters. The highest BCUT2D eigenvalue weighted by atomic mass is 35.5. The molecule has 2 heterocycles. The Kier molecular flexibility index (Phi) is 6.75. The summed E-state index contributed by atoms with van der Waals surface area (Å²) in [6, 6.07) is 7.63. The lowest BCUT2D eigenvalue weighted by atomic mass is 9.85. The van der Waals surface area contributed by atoms with Crippen molar-refractivity contribution in [2.45, 2.75) is 26.2 Å². The zero-order valence-electron chi connectivity index (χ0n) is 13.8. The smallest absolute Gasteiger partial charge is 0.224 e. The predicted octanol–water partition coefficient (Wildman–Crippen LogP) is 2.86. The van der Waals surface area contributed by atoms with Crippen molar-refractivity contribution in [1.29, 1.82) is 0 Å². The fourth-order valence-corrected chi connectivity index (χ4v) is 3.09. The average molecular weight is 350 g/mol. The molecule has 1 aliphatic heterocycles. The van der Waals surface area contributed by atoms with E-state index in [-0.39, 0.29) is 18.3 Å². The fourth-order valence-electron chi connectivity index (χ4n) is 3.09. The van der Waals surface area contributed by atoms with Crippen LogP contribution in [0.25, 0.3) is 11.4 Å². The van der Waals surface area contributed by atoms with Crippen molar-refractivity contribution in [2.24, 2.45) is 11.8 Å². The normalized spacial score (nSPS) is 18.5. The number of H-pyrrole nitrogens is 1. The van der Waals surface area contributed by atoms with Crippen LogP contribution in [-0.4, -0.2) is 34.2 Å². The standard InChI is InChI=1S/C17H23N5O.ClH/c1-12(14-3-2-8-18-10-14)9-16(23)21-15-6-4-13(5-7-15)17-19-11-20-22-17;/h4-7,11-12,14,18H,2-3,8-10H2,1H3,(H,21,23)(H,19,20,22);1H. The van der Waals surface area contributed by atoms with Gasteiger partial charge in [0.1, 0.15) is 6.33 Å². The summed E-state index contributed by atoms with van der Waals surface area (Å²) < 4.78 is 0. The van der Waals surface area contributed by atoms with Gasteiger partial charge in [-0.25, -0.2) is 4.98 Å². The zero-order chi connectivity index (χ0) is 16.1. The lowest BCUT2D eigenvalue weighted by molar-refractivity contribution is -0.117. The molecule has 3 N–H and O–H groups in total. The van der Waals surface area contributed by atoms with Gasteiger partial charge in [-0.2, -0.15) is 5.10 Å². The number of halogens is 1. The number of aromatic amines is 1. The van der Waals surface area contributed by atoms with Crippen molar-refractivity contribution < 1.29 is 4.79 Å². The quantitative estimate of drug-likeness (QED) is 0.775. The van der Waals surface area contributed by atoms with Crippen LogP contribution in [0.1, 0.15) is 26.2 Å². The van der Waals surface area contributed by atoms with Crippen LogP contribution in [0, 0.1) is 11.8 Å². The molecule has 1 fully saturated rings. The van der Waals surface area contributed by atoms with Gasteiger partial charge in [0.2, 0.25) is 5.91 Å². The summed E-state index contributed by atoms with van der Waals surface area (Å²) in [5.41, 5.74) is 1.76. The van der Waals surface area contributed by atoms with E-state index in [1.54, 1.807) is 0 Å². The minimum Gasteiger partial charge on any atom is -0.326 e. The number of anilines is 1. The first-order valence-electron chi connectivity index (χ1n) is 8.19. The van der Waals surface area contributed by atoms with Gasteiger partial charge in [-0.1, -0.05) is 6.92 Å². The maximum Gasteiger partial charge on any atom is 0.224 e. The van der Waals surface area contributed by atoms with E-state index in [2.05, 4.69) is 32.7 Å². The summed E-state index contributed by atoms with van der Waals surface area (Å²) in [4.78, 5) is 16.3. The van der Waals surface area contributed by atoms with E-state index in [1.807, 2.05) is 24.3 Å². The predicted molar refractivity (Wildman–Crippen MR) is 97.1 cm³/mol. The third kappa shape index (κ3) is 4.79. The number of nitrogens with zero attached hydrogens (tertiary/aromatic N) is 2. The lowest BCUT2D eigenvalue weighted by Gasteiger charge is -2.28. The highest BCUT2D eigenvalue weighted by molar-refractivity contribution is 5.91. The second-order valence-corrected chi connectivity index (χ2v) is 6.25. The van der Waals surface area contributed by atoms with Crippen LogP contribution in [0.3, 0.4) is 0 Å². The molecule has 24 heavy (non-hydrogen) atoms. The van der Waals surface area contributed by atoms with Gasteiger partial charge >= 0.3 is 0 Å². The minimum absolute atomic E-state index is 0. The van der Waals surface area contributed by atoms with E-state index in [9.17, 15) is 4.79 Å². The van der Waals surface area contributed by atoms with E-state index in [0.717, 1.165) is 30.2 Å². The number of carbonyl (C=O) groups excluding carboxylic acids is 1. The van der Waals surface area contributed by atoms with Gasteiger partial charge in [0.25, 0.3) is 0 Å². The van der Waals surface area contributed by atoms with Gasteiger partial charge in [0.15, 0.2) is 5.82 Å². The van der Waals surface area contributed by atoms with Gasteiger partial charge in [-0.15, -0.1) is 12.4 Å². The number of amides is 1. The van der Waals surface area contributed by atoms with Gasteiger partial charge in [0.05, 0.1) is 0 Å². The van der Waals surface area contributed by atoms with Crippen LogP contribution < -0.4 is 10.6 Å². The highest BCUT2D eigenvalue weighted by Crippen LogP contribution is 2.23. The highest BCUT2D eigenvalue weighted by Gasteiger charge is 2.22. The Morgan fingerprint density at radius 1 is 1.38 bits per heavy atom. The molecule has 1 aromatic carbocycles. The Morgan fingerprint density at radius 3 is 2.79 bits per heavy atom. The molecule has 1 saturated heterocycles. The molecule has 0 aliphatic carbocycles. The first-order valence-corrected chi connectivity index (χ1v) is 8.19.